The molecular formula is C20H20N2O3S2. The summed E-state index contributed by atoms with van der Waals surface area (Å²) in [7, 11) is 0. The van der Waals surface area contributed by atoms with E-state index in [1.165, 1.54) is 11.3 Å². The van der Waals surface area contributed by atoms with E-state index in [0.29, 0.717) is 10.8 Å². The Morgan fingerprint density at radius 2 is 2.07 bits per heavy atom. The number of carbonyl (C=O) groups excluding carboxylic acids is 2. The Labute approximate surface area is 165 Å². The first-order chi connectivity index (χ1) is 13.1. The second-order valence-electron chi connectivity index (χ2n) is 6.81. The van der Waals surface area contributed by atoms with E-state index < -0.39 is 5.97 Å². The first-order valence-electron chi connectivity index (χ1n) is 9.01. The van der Waals surface area contributed by atoms with Crippen molar-refractivity contribution in [3.8, 4) is 9.88 Å². The molecule has 2 aromatic heterocycles. The van der Waals surface area contributed by atoms with Gasteiger partial charge in [0.1, 0.15) is 9.88 Å². The lowest BCUT2D eigenvalue weighted by molar-refractivity contribution is -0.136. The Hall–Kier alpha value is -2.25. The topological polar surface area (TPSA) is 59.5 Å². The third kappa shape index (κ3) is 4.04. The molecule has 1 amide bonds. The molecule has 1 unspecified atom stereocenters. The van der Waals surface area contributed by atoms with Crippen molar-refractivity contribution < 1.29 is 14.3 Å². The molecule has 0 spiro atoms. The van der Waals surface area contributed by atoms with Gasteiger partial charge in [-0.1, -0.05) is 19.1 Å². The summed E-state index contributed by atoms with van der Waals surface area (Å²) >= 11 is 2.94. The van der Waals surface area contributed by atoms with Crippen molar-refractivity contribution in [2.45, 2.75) is 19.8 Å². The molecule has 0 saturated carbocycles. The van der Waals surface area contributed by atoms with E-state index in [-0.39, 0.29) is 12.5 Å². The van der Waals surface area contributed by atoms with Crippen LogP contribution in [0.2, 0.25) is 0 Å². The van der Waals surface area contributed by atoms with Crippen molar-refractivity contribution in [3.05, 3.63) is 41.3 Å². The van der Waals surface area contributed by atoms with Crippen LogP contribution < -0.4 is 0 Å². The summed E-state index contributed by atoms with van der Waals surface area (Å²) in [6.45, 7) is 3.44. The van der Waals surface area contributed by atoms with Gasteiger partial charge in [0, 0.05) is 13.1 Å². The average Bonchev–Trinajstić information content (AvgIpc) is 3.32. The highest BCUT2D eigenvalue weighted by atomic mass is 32.1. The summed E-state index contributed by atoms with van der Waals surface area (Å²) in [5, 5.41) is 0.888. The van der Waals surface area contributed by atoms with Crippen LogP contribution in [-0.2, 0) is 9.53 Å². The van der Waals surface area contributed by atoms with E-state index in [1.54, 1.807) is 22.3 Å². The fourth-order valence-electron chi connectivity index (χ4n) is 3.25. The van der Waals surface area contributed by atoms with E-state index in [0.717, 1.165) is 46.0 Å². The number of para-hydroxylation sites is 1. The summed E-state index contributed by atoms with van der Waals surface area (Å²) in [6, 6.07) is 11.6. The van der Waals surface area contributed by atoms with Crippen LogP contribution in [0.3, 0.4) is 0 Å². The predicted octanol–water partition coefficient (Wildman–Crippen LogP) is 4.44. The Balaban J connectivity index is 1.39. The lowest BCUT2D eigenvalue weighted by Crippen LogP contribution is -2.41. The first-order valence-corrected chi connectivity index (χ1v) is 10.6. The molecule has 0 bridgehead atoms. The zero-order valence-corrected chi connectivity index (χ0v) is 16.6. The molecule has 1 aromatic carbocycles. The van der Waals surface area contributed by atoms with E-state index in [2.05, 4.69) is 11.9 Å². The van der Waals surface area contributed by atoms with Crippen molar-refractivity contribution in [2.75, 3.05) is 19.7 Å². The van der Waals surface area contributed by atoms with Crippen LogP contribution in [0.25, 0.3) is 20.1 Å². The number of carbonyl (C=O) groups is 2. The molecule has 3 aromatic rings. The summed E-state index contributed by atoms with van der Waals surface area (Å²) in [5.74, 6) is -0.0595. The number of hydrogen-bond acceptors (Lipinski definition) is 6. The van der Waals surface area contributed by atoms with Crippen LogP contribution in [-0.4, -0.2) is 41.5 Å². The van der Waals surface area contributed by atoms with Gasteiger partial charge in [-0.15, -0.1) is 22.7 Å². The lowest BCUT2D eigenvalue weighted by Gasteiger charge is -2.30. The monoisotopic (exact) mass is 400 g/mol. The number of esters is 1. The smallest absolute Gasteiger partial charge is 0.348 e. The van der Waals surface area contributed by atoms with E-state index in [1.807, 2.05) is 30.3 Å². The van der Waals surface area contributed by atoms with Gasteiger partial charge in [0.15, 0.2) is 6.61 Å². The number of ether oxygens (including phenoxy) is 1. The number of aromatic nitrogens is 1. The van der Waals surface area contributed by atoms with Gasteiger partial charge in [0.2, 0.25) is 0 Å². The standard InChI is InChI=1S/C20H20N2O3S2/c1-13-5-4-10-22(11-13)18(23)12-25-20(24)17-9-8-16(26-17)19-21-14-6-2-3-7-15(14)27-19/h2-3,6-9,13H,4-5,10-12H2,1H3. The van der Waals surface area contributed by atoms with Crippen molar-refractivity contribution in [2.24, 2.45) is 5.92 Å². The summed E-state index contributed by atoms with van der Waals surface area (Å²) in [6.07, 6.45) is 2.16. The minimum Gasteiger partial charge on any atom is -0.451 e. The molecule has 0 aliphatic carbocycles. The number of fused-ring (bicyclic) bond motifs is 1. The summed E-state index contributed by atoms with van der Waals surface area (Å²) in [5.41, 5.74) is 0.955. The minimum absolute atomic E-state index is 0.113. The van der Waals surface area contributed by atoms with Gasteiger partial charge >= 0.3 is 5.97 Å². The number of hydrogen-bond donors (Lipinski definition) is 0. The van der Waals surface area contributed by atoms with Crippen molar-refractivity contribution in [1.82, 2.24) is 9.88 Å². The molecule has 5 nitrogen and oxygen atoms in total. The van der Waals surface area contributed by atoms with E-state index in [9.17, 15) is 9.59 Å². The van der Waals surface area contributed by atoms with Crippen LogP contribution in [0.1, 0.15) is 29.4 Å². The van der Waals surface area contributed by atoms with Gasteiger partial charge in [-0.2, -0.15) is 0 Å². The zero-order chi connectivity index (χ0) is 18.8. The number of thiophene rings is 1. The average molecular weight is 401 g/mol. The normalized spacial score (nSPS) is 17.2. The molecular weight excluding hydrogens is 380 g/mol. The van der Waals surface area contributed by atoms with Gasteiger partial charge in [-0.05, 0) is 43.0 Å². The Kier molecular flexibility index (Phi) is 5.22. The number of benzene rings is 1. The highest BCUT2D eigenvalue weighted by molar-refractivity contribution is 7.26. The molecule has 7 heteroatoms. The molecule has 1 atom stereocenters. The molecule has 1 aliphatic rings. The van der Waals surface area contributed by atoms with Crippen molar-refractivity contribution in [1.29, 1.82) is 0 Å². The minimum atomic E-state index is -0.453. The number of rotatable bonds is 4. The maximum absolute atomic E-state index is 12.3. The van der Waals surface area contributed by atoms with Crippen molar-refractivity contribution >= 4 is 44.8 Å². The third-order valence-corrected chi connectivity index (χ3v) is 6.92. The zero-order valence-electron chi connectivity index (χ0n) is 15.0. The van der Waals surface area contributed by atoms with E-state index >= 15 is 0 Å². The number of likely N-dealkylation sites (tertiary alicyclic amines) is 1. The molecule has 3 heterocycles. The van der Waals surface area contributed by atoms with Gasteiger partial charge in [0.25, 0.3) is 5.91 Å². The van der Waals surface area contributed by atoms with Gasteiger partial charge in [-0.25, -0.2) is 9.78 Å². The molecule has 0 radical (unpaired) electrons. The Morgan fingerprint density at radius 3 is 2.89 bits per heavy atom. The highest BCUT2D eigenvalue weighted by Gasteiger charge is 2.22. The molecule has 1 saturated heterocycles. The van der Waals surface area contributed by atoms with Gasteiger partial charge in [0.05, 0.1) is 15.1 Å². The Bertz CT molecular complexity index is 945. The molecule has 0 N–H and O–H groups in total. The highest BCUT2D eigenvalue weighted by Crippen LogP contribution is 2.34. The quantitative estimate of drug-likeness (QED) is 0.608. The lowest BCUT2D eigenvalue weighted by atomic mass is 10.0. The van der Waals surface area contributed by atoms with Gasteiger partial charge < -0.3 is 9.64 Å². The molecule has 140 valence electrons. The van der Waals surface area contributed by atoms with Crippen LogP contribution >= 0.6 is 22.7 Å². The maximum Gasteiger partial charge on any atom is 0.348 e. The fourth-order valence-corrected chi connectivity index (χ4v) is 5.17. The SMILES string of the molecule is CC1CCCN(C(=O)COC(=O)c2ccc(-c3nc4ccccc4s3)s2)C1. The third-order valence-electron chi connectivity index (χ3n) is 4.65. The van der Waals surface area contributed by atoms with Crippen LogP contribution in [0.4, 0.5) is 0 Å². The van der Waals surface area contributed by atoms with E-state index in [4.69, 9.17) is 4.74 Å². The molecule has 1 fully saturated rings. The number of amides is 1. The molecule has 4 rings (SSSR count). The molecule has 1 aliphatic heterocycles. The van der Waals surface area contributed by atoms with Crippen LogP contribution in [0, 0.1) is 5.92 Å². The number of thiazole rings is 1. The van der Waals surface area contributed by atoms with Crippen LogP contribution in [0.5, 0.6) is 0 Å². The molecule has 27 heavy (non-hydrogen) atoms. The fraction of sp³-hybridized carbons (Fsp3) is 0.350. The number of piperidine rings is 1. The second-order valence-corrected chi connectivity index (χ2v) is 8.93. The summed E-state index contributed by atoms with van der Waals surface area (Å²) in [4.78, 5) is 32.4. The van der Waals surface area contributed by atoms with Crippen LogP contribution in [0.15, 0.2) is 36.4 Å². The second kappa shape index (κ2) is 7.78. The van der Waals surface area contributed by atoms with Crippen molar-refractivity contribution in [3.63, 3.8) is 0 Å². The number of nitrogens with zero attached hydrogens (tertiary/aromatic N) is 2. The Morgan fingerprint density at radius 1 is 1.22 bits per heavy atom. The van der Waals surface area contributed by atoms with Gasteiger partial charge in [-0.3, -0.25) is 4.79 Å². The summed E-state index contributed by atoms with van der Waals surface area (Å²) < 4.78 is 6.37. The predicted molar refractivity (Wildman–Crippen MR) is 108 cm³/mol. The largest absolute Gasteiger partial charge is 0.451 e. The maximum atomic E-state index is 12.3. The first kappa shape index (κ1) is 18.1.